The van der Waals surface area contributed by atoms with Gasteiger partial charge in [-0.05, 0) is 63.3 Å². The van der Waals surface area contributed by atoms with Crippen LogP contribution in [0, 0.1) is 11.8 Å². The van der Waals surface area contributed by atoms with Crippen molar-refractivity contribution in [3.63, 3.8) is 0 Å². The molecule has 1 aliphatic rings. The van der Waals surface area contributed by atoms with Gasteiger partial charge in [0.05, 0.1) is 6.10 Å². The molecular formula is C18H29NO. The van der Waals surface area contributed by atoms with Gasteiger partial charge in [0.1, 0.15) is 5.75 Å². The summed E-state index contributed by atoms with van der Waals surface area (Å²) in [6, 6.07) is 9.07. The van der Waals surface area contributed by atoms with Gasteiger partial charge in [-0.25, -0.2) is 0 Å². The highest BCUT2D eigenvalue weighted by Crippen LogP contribution is 2.40. The SMILES string of the molecule is CCC1CCC(C(NC)c2cccc(OC(C)C)c2)C1. The normalized spacial score (nSPS) is 24.1. The van der Waals surface area contributed by atoms with Crippen molar-refractivity contribution in [2.45, 2.75) is 58.6 Å². The average Bonchev–Trinajstić information content (AvgIpc) is 2.88. The molecule has 1 fully saturated rings. The van der Waals surface area contributed by atoms with E-state index in [0.29, 0.717) is 6.04 Å². The molecule has 2 nitrogen and oxygen atoms in total. The van der Waals surface area contributed by atoms with Crippen LogP contribution >= 0.6 is 0 Å². The molecule has 0 aromatic heterocycles. The smallest absolute Gasteiger partial charge is 0.120 e. The minimum absolute atomic E-state index is 0.231. The highest BCUT2D eigenvalue weighted by atomic mass is 16.5. The number of benzene rings is 1. The molecule has 1 aromatic carbocycles. The standard InChI is InChI=1S/C18H29NO/c1-5-14-9-10-16(11-14)18(19-4)15-7-6-8-17(12-15)20-13(2)3/h6-8,12-14,16,18-19H,5,9-11H2,1-4H3. The Morgan fingerprint density at radius 3 is 2.70 bits per heavy atom. The molecule has 2 heteroatoms. The van der Waals surface area contributed by atoms with Crippen LogP contribution < -0.4 is 10.1 Å². The maximum Gasteiger partial charge on any atom is 0.120 e. The molecule has 1 aromatic rings. The Kier molecular flexibility index (Phi) is 5.47. The van der Waals surface area contributed by atoms with Crippen molar-refractivity contribution in [3.8, 4) is 5.75 Å². The van der Waals surface area contributed by atoms with Gasteiger partial charge in [-0.15, -0.1) is 0 Å². The van der Waals surface area contributed by atoms with Crippen molar-refractivity contribution < 1.29 is 4.74 Å². The van der Waals surface area contributed by atoms with Crippen LogP contribution in [-0.4, -0.2) is 13.2 Å². The van der Waals surface area contributed by atoms with Gasteiger partial charge >= 0.3 is 0 Å². The van der Waals surface area contributed by atoms with Crippen LogP contribution in [0.4, 0.5) is 0 Å². The van der Waals surface area contributed by atoms with E-state index < -0.39 is 0 Å². The van der Waals surface area contributed by atoms with Gasteiger partial charge in [0, 0.05) is 6.04 Å². The third kappa shape index (κ3) is 3.76. The van der Waals surface area contributed by atoms with E-state index in [2.05, 4.69) is 57.4 Å². The number of hydrogen-bond acceptors (Lipinski definition) is 2. The number of nitrogens with one attached hydrogen (secondary N) is 1. The number of hydrogen-bond donors (Lipinski definition) is 1. The second-order valence-electron chi connectivity index (χ2n) is 6.35. The molecule has 1 saturated carbocycles. The molecule has 20 heavy (non-hydrogen) atoms. The van der Waals surface area contributed by atoms with Crippen LogP contribution in [0.15, 0.2) is 24.3 Å². The summed E-state index contributed by atoms with van der Waals surface area (Å²) in [5.74, 6) is 2.67. The molecule has 0 saturated heterocycles. The molecule has 0 amide bonds. The van der Waals surface area contributed by atoms with E-state index in [1.54, 1.807) is 0 Å². The molecular weight excluding hydrogens is 246 g/mol. The van der Waals surface area contributed by atoms with Gasteiger partial charge in [-0.1, -0.05) is 31.9 Å². The Bertz CT molecular complexity index is 416. The second-order valence-corrected chi connectivity index (χ2v) is 6.35. The van der Waals surface area contributed by atoms with Crippen molar-refractivity contribution in [2.24, 2.45) is 11.8 Å². The number of rotatable bonds is 6. The molecule has 2 rings (SSSR count). The van der Waals surface area contributed by atoms with Gasteiger partial charge in [0.15, 0.2) is 0 Å². The van der Waals surface area contributed by atoms with Gasteiger partial charge < -0.3 is 10.1 Å². The highest BCUT2D eigenvalue weighted by molar-refractivity contribution is 5.31. The van der Waals surface area contributed by atoms with Crippen molar-refractivity contribution in [3.05, 3.63) is 29.8 Å². The summed E-state index contributed by atoms with van der Waals surface area (Å²) in [5, 5.41) is 3.53. The summed E-state index contributed by atoms with van der Waals surface area (Å²) < 4.78 is 5.83. The van der Waals surface area contributed by atoms with E-state index in [1.165, 1.54) is 31.2 Å². The molecule has 1 N–H and O–H groups in total. The van der Waals surface area contributed by atoms with Gasteiger partial charge in [-0.3, -0.25) is 0 Å². The molecule has 3 unspecified atom stereocenters. The Morgan fingerprint density at radius 2 is 2.10 bits per heavy atom. The fraction of sp³-hybridized carbons (Fsp3) is 0.667. The van der Waals surface area contributed by atoms with Gasteiger partial charge in [0.2, 0.25) is 0 Å². The van der Waals surface area contributed by atoms with E-state index in [-0.39, 0.29) is 6.10 Å². The lowest BCUT2D eigenvalue weighted by Gasteiger charge is -2.24. The first-order chi connectivity index (χ1) is 9.63. The first kappa shape index (κ1) is 15.4. The minimum atomic E-state index is 0.231. The Hall–Kier alpha value is -1.02. The first-order valence-electron chi connectivity index (χ1n) is 8.07. The quantitative estimate of drug-likeness (QED) is 0.821. The molecule has 3 atom stereocenters. The summed E-state index contributed by atoms with van der Waals surface area (Å²) >= 11 is 0. The Balaban J connectivity index is 2.11. The lowest BCUT2D eigenvalue weighted by atomic mass is 9.90. The zero-order valence-corrected chi connectivity index (χ0v) is 13.4. The third-order valence-electron chi connectivity index (χ3n) is 4.53. The Labute approximate surface area is 123 Å². The number of ether oxygens (including phenoxy) is 1. The van der Waals surface area contributed by atoms with Crippen LogP contribution in [0.5, 0.6) is 5.75 Å². The van der Waals surface area contributed by atoms with E-state index in [0.717, 1.165) is 17.6 Å². The lowest BCUT2D eigenvalue weighted by molar-refractivity contribution is 0.241. The maximum absolute atomic E-state index is 5.83. The lowest BCUT2D eigenvalue weighted by Crippen LogP contribution is -2.24. The molecule has 0 spiro atoms. The van der Waals surface area contributed by atoms with Crippen LogP contribution in [-0.2, 0) is 0 Å². The topological polar surface area (TPSA) is 21.3 Å². The van der Waals surface area contributed by atoms with E-state index in [9.17, 15) is 0 Å². The monoisotopic (exact) mass is 275 g/mol. The summed E-state index contributed by atoms with van der Waals surface area (Å²) in [6.07, 6.45) is 5.65. The van der Waals surface area contributed by atoms with Crippen LogP contribution in [0.1, 0.15) is 58.1 Å². The molecule has 1 aliphatic carbocycles. The zero-order valence-electron chi connectivity index (χ0n) is 13.4. The fourth-order valence-corrected chi connectivity index (χ4v) is 3.52. The van der Waals surface area contributed by atoms with Crippen LogP contribution in [0.25, 0.3) is 0 Å². The molecule has 0 radical (unpaired) electrons. The van der Waals surface area contributed by atoms with Crippen molar-refractivity contribution >= 4 is 0 Å². The molecule has 0 heterocycles. The summed E-state index contributed by atoms with van der Waals surface area (Å²) in [4.78, 5) is 0. The Morgan fingerprint density at radius 1 is 1.30 bits per heavy atom. The maximum atomic E-state index is 5.83. The van der Waals surface area contributed by atoms with Crippen LogP contribution in [0.3, 0.4) is 0 Å². The summed E-state index contributed by atoms with van der Waals surface area (Å²) in [6.45, 7) is 6.47. The average molecular weight is 275 g/mol. The van der Waals surface area contributed by atoms with E-state index in [4.69, 9.17) is 4.74 Å². The summed E-state index contributed by atoms with van der Waals surface area (Å²) in [5.41, 5.74) is 1.37. The van der Waals surface area contributed by atoms with Crippen molar-refractivity contribution in [2.75, 3.05) is 7.05 Å². The zero-order chi connectivity index (χ0) is 14.5. The predicted octanol–water partition coefficient (Wildman–Crippen LogP) is 4.56. The summed E-state index contributed by atoms with van der Waals surface area (Å²) in [7, 11) is 2.08. The predicted molar refractivity (Wildman–Crippen MR) is 85.1 cm³/mol. The van der Waals surface area contributed by atoms with Crippen molar-refractivity contribution in [1.82, 2.24) is 5.32 Å². The van der Waals surface area contributed by atoms with Gasteiger partial charge in [-0.2, -0.15) is 0 Å². The largest absolute Gasteiger partial charge is 0.491 e. The van der Waals surface area contributed by atoms with E-state index >= 15 is 0 Å². The van der Waals surface area contributed by atoms with Gasteiger partial charge in [0.25, 0.3) is 0 Å². The van der Waals surface area contributed by atoms with Crippen molar-refractivity contribution in [1.29, 1.82) is 0 Å². The second kappa shape index (κ2) is 7.12. The van der Waals surface area contributed by atoms with E-state index in [1.807, 2.05) is 0 Å². The molecule has 0 aliphatic heterocycles. The fourth-order valence-electron chi connectivity index (χ4n) is 3.52. The molecule has 0 bridgehead atoms. The highest BCUT2D eigenvalue weighted by Gasteiger charge is 2.30. The minimum Gasteiger partial charge on any atom is -0.491 e. The first-order valence-corrected chi connectivity index (χ1v) is 8.07. The molecule has 112 valence electrons. The third-order valence-corrected chi connectivity index (χ3v) is 4.53. The van der Waals surface area contributed by atoms with Crippen LogP contribution in [0.2, 0.25) is 0 Å².